The van der Waals surface area contributed by atoms with Gasteiger partial charge in [-0.2, -0.15) is 18.3 Å². The van der Waals surface area contributed by atoms with Crippen molar-refractivity contribution in [3.8, 4) is 16.9 Å². The molecule has 0 amide bonds. The van der Waals surface area contributed by atoms with Gasteiger partial charge in [0, 0.05) is 17.5 Å². The number of pyridine rings is 1. The summed E-state index contributed by atoms with van der Waals surface area (Å²) in [6.45, 7) is 0. The van der Waals surface area contributed by atoms with Crippen LogP contribution in [-0.4, -0.2) is 23.2 Å². The minimum absolute atomic E-state index is 0.0264. The molecule has 0 radical (unpaired) electrons. The van der Waals surface area contributed by atoms with Gasteiger partial charge in [-0.3, -0.25) is 4.98 Å². The molecule has 0 saturated heterocycles. The molecule has 0 atom stereocenters. The van der Waals surface area contributed by atoms with E-state index in [0.29, 0.717) is 17.0 Å². The topological polar surface area (TPSA) is 90.9 Å². The Bertz CT molecular complexity index is 1140. The van der Waals surface area contributed by atoms with E-state index in [4.69, 9.17) is 5.14 Å². The number of aromatic nitrogens is 3. The molecule has 0 spiro atoms. The number of primary sulfonamides is 1. The standard InChI is InChI=1S/C16H11F3N4O2S2/c17-16(18,19)15-14-13(11-2-1-7-21-12(11)8-26-14)23(22-15)9-3-5-10(6-4-9)27(20,24)25/h1-7H,8H2,(H2,20,24,25). The lowest BCUT2D eigenvalue weighted by Gasteiger charge is -2.17. The fourth-order valence-electron chi connectivity index (χ4n) is 2.84. The van der Waals surface area contributed by atoms with Crippen LogP contribution in [0.3, 0.4) is 0 Å². The molecule has 1 aliphatic heterocycles. The summed E-state index contributed by atoms with van der Waals surface area (Å²) >= 11 is 1.03. The summed E-state index contributed by atoms with van der Waals surface area (Å²) in [6, 6.07) is 8.52. The fraction of sp³-hybridized carbons (Fsp3) is 0.125. The van der Waals surface area contributed by atoms with Crippen LogP contribution in [0.25, 0.3) is 16.9 Å². The minimum Gasteiger partial charge on any atom is -0.260 e. The molecule has 0 unspecified atom stereocenters. The van der Waals surface area contributed by atoms with E-state index in [2.05, 4.69) is 10.1 Å². The number of thioether (sulfide) groups is 1. The number of nitrogens with zero attached hydrogens (tertiary/aromatic N) is 3. The molecule has 3 heterocycles. The fourth-order valence-corrected chi connectivity index (χ4v) is 4.49. The van der Waals surface area contributed by atoms with Gasteiger partial charge >= 0.3 is 6.18 Å². The van der Waals surface area contributed by atoms with E-state index < -0.39 is 21.9 Å². The van der Waals surface area contributed by atoms with Crippen LogP contribution in [0.5, 0.6) is 0 Å². The van der Waals surface area contributed by atoms with Crippen molar-refractivity contribution < 1.29 is 21.6 Å². The zero-order valence-electron chi connectivity index (χ0n) is 13.4. The quantitative estimate of drug-likeness (QED) is 0.698. The Hall–Kier alpha value is -2.37. The molecule has 2 aromatic heterocycles. The second kappa shape index (κ2) is 6.08. The van der Waals surface area contributed by atoms with Crippen molar-refractivity contribution >= 4 is 21.8 Å². The normalized spacial score (nSPS) is 13.9. The maximum atomic E-state index is 13.5. The third kappa shape index (κ3) is 3.11. The molecule has 2 N–H and O–H groups in total. The van der Waals surface area contributed by atoms with Gasteiger partial charge in [0.1, 0.15) is 0 Å². The molecule has 11 heteroatoms. The van der Waals surface area contributed by atoms with Crippen LogP contribution < -0.4 is 5.14 Å². The highest BCUT2D eigenvalue weighted by molar-refractivity contribution is 7.98. The van der Waals surface area contributed by atoms with Crippen LogP contribution in [0, 0.1) is 0 Å². The van der Waals surface area contributed by atoms with Crippen LogP contribution in [0.2, 0.25) is 0 Å². The number of hydrogen-bond acceptors (Lipinski definition) is 5. The maximum absolute atomic E-state index is 13.5. The highest BCUT2D eigenvalue weighted by Gasteiger charge is 2.41. The Morgan fingerprint density at radius 3 is 2.48 bits per heavy atom. The Morgan fingerprint density at radius 1 is 1.15 bits per heavy atom. The van der Waals surface area contributed by atoms with Crippen LogP contribution in [-0.2, 0) is 22.0 Å². The zero-order valence-corrected chi connectivity index (χ0v) is 15.1. The minimum atomic E-state index is -4.62. The Balaban J connectivity index is 1.96. The van der Waals surface area contributed by atoms with E-state index in [1.807, 2.05) is 0 Å². The predicted octanol–water partition coefficient (Wildman–Crippen LogP) is 3.21. The average molecular weight is 412 g/mol. The Kier molecular flexibility index (Phi) is 4.05. The highest BCUT2D eigenvalue weighted by Crippen LogP contribution is 2.47. The van der Waals surface area contributed by atoms with Gasteiger partial charge in [0.2, 0.25) is 10.0 Å². The Morgan fingerprint density at radius 2 is 1.85 bits per heavy atom. The summed E-state index contributed by atoms with van der Waals surface area (Å²) in [5.41, 5.74) is 0.805. The van der Waals surface area contributed by atoms with Gasteiger partial charge in [0.25, 0.3) is 0 Å². The molecule has 140 valence electrons. The molecule has 0 fully saturated rings. The molecule has 0 bridgehead atoms. The average Bonchev–Trinajstić information content (AvgIpc) is 3.01. The van der Waals surface area contributed by atoms with E-state index >= 15 is 0 Å². The highest BCUT2D eigenvalue weighted by atomic mass is 32.2. The van der Waals surface area contributed by atoms with Crippen LogP contribution in [0.15, 0.2) is 52.4 Å². The second-order valence-electron chi connectivity index (χ2n) is 5.76. The number of sulfonamides is 1. The Labute approximate surface area is 156 Å². The number of hydrogen-bond donors (Lipinski definition) is 1. The summed E-state index contributed by atoms with van der Waals surface area (Å²) in [4.78, 5) is 4.12. The predicted molar refractivity (Wildman–Crippen MR) is 92.7 cm³/mol. The number of nitrogens with two attached hydrogens (primary N) is 1. The van der Waals surface area contributed by atoms with Crippen molar-refractivity contribution in [1.29, 1.82) is 0 Å². The summed E-state index contributed by atoms with van der Waals surface area (Å²) in [5.74, 6) is 0.308. The summed E-state index contributed by atoms with van der Waals surface area (Å²) < 4.78 is 64.5. The molecule has 4 rings (SSSR count). The van der Waals surface area contributed by atoms with E-state index in [-0.39, 0.29) is 21.2 Å². The molecule has 0 aliphatic carbocycles. The molecular weight excluding hydrogens is 401 g/mol. The number of fused-ring (bicyclic) bond motifs is 3. The van der Waals surface area contributed by atoms with E-state index in [0.717, 1.165) is 16.4 Å². The van der Waals surface area contributed by atoms with Crippen LogP contribution in [0.1, 0.15) is 11.4 Å². The van der Waals surface area contributed by atoms with Crippen molar-refractivity contribution in [2.75, 3.05) is 0 Å². The van der Waals surface area contributed by atoms with Gasteiger partial charge in [0.05, 0.1) is 26.9 Å². The lowest BCUT2D eigenvalue weighted by atomic mass is 10.1. The molecule has 27 heavy (non-hydrogen) atoms. The first-order chi connectivity index (χ1) is 12.7. The number of halogens is 3. The van der Waals surface area contributed by atoms with Gasteiger partial charge in [-0.25, -0.2) is 18.2 Å². The molecule has 6 nitrogen and oxygen atoms in total. The lowest BCUT2D eigenvalue weighted by Crippen LogP contribution is -2.12. The van der Waals surface area contributed by atoms with Crippen molar-refractivity contribution in [3.05, 3.63) is 54.0 Å². The first kappa shape index (κ1) is 18.0. The van der Waals surface area contributed by atoms with E-state index in [9.17, 15) is 21.6 Å². The smallest absolute Gasteiger partial charge is 0.260 e. The molecule has 1 aromatic carbocycles. The third-order valence-electron chi connectivity index (χ3n) is 4.02. The van der Waals surface area contributed by atoms with Gasteiger partial charge in [-0.05, 0) is 36.4 Å². The summed E-state index contributed by atoms with van der Waals surface area (Å²) in [6.07, 6.45) is -3.04. The summed E-state index contributed by atoms with van der Waals surface area (Å²) in [7, 11) is -3.91. The van der Waals surface area contributed by atoms with Crippen molar-refractivity contribution in [1.82, 2.24) is 14.8 Å². The van der Waals surface area contributed by atoms with Gasteiger partial charge in [0.15, 0.2) is 5.69 Å². The van der Waals surface area contributed by atoms with Gasteiger partial charge < -0.3 is 0 Å². The van der Waals surface area contributed by atoms with Gasteiger partial charge in [-0.1, -0.05) is 0 Å². The SMILES string of the molecule is NS(=O)(=O)c1ccc(-n2nc(C(F)(F)F)c3c2-c2cccnc2CS3)cc1. The van der Waals surface area contributed by atoms with Crippen molar-refractivity contribution in [3.63, 3.8) is 0 Å². The molecule has 3 aromatic rings. The first-order valence-corrected chi connectivity index (χ1v) is 10.1. The van der Waals surface area contributed by atoms with E-state index in [1.165, 1.54) is 24.3 Å². The third-order valence-corrected chi connectivity index (χ3v) is 6.04. The molecule has 1 aliphatic rings. The molecule has 0 saturated carbocycles. The second-order valence-corrected chi connectivity index (χ2v) is 8.31. The number of benzene rings is 1. The van der Waals surface area contributed by atoms with Crippen molar-refractivity contribution in [2.24, 2.45) is 5.14 Å². The number of alkyl halides is 3. The van der Waals surface area contributed by atoms with Crippen LogP contribution in [0.4, 0.5) is 13.2 Å². The zero-order chi connectivity index (χ0) is 19.4. The largest absolute Gasteiger partial charge is 0.436 e. The van der Waals surface area contributed by atoms with E-state index in [1.54, 1.807) is 18.3 Å². The van der Waals surface area contributed by atoms with Crippen LogP contribution >= 0.6 is 11.8 Å². The number of rotatable bonds is 2. The first-order valence-electron chi connectivity index (χ1n) is 7.57. The molecular formula is C16H11F3N4O2S2. The summed E-state index contributed by atoms with van der Waals surface area (Å²) in [5, 5.41) is 8.86. The maximum Gasteiger partial charge on any atom is 0.436 e. The van der Waals surface area contributed by atoms with Gasteiger partial charge in [-0.15, -0.1) is 11.8 Å². The lowest BCUT2D eigenvalue weighted by molar-refractivity contribution is -0.143. The monoisotopic (exact) mass is 412 g/mol. The van der Waals surface area contributed by atoms with Crippen molar-refractivity contribution in [2.45, 2.75) is 21.7 Å².